The third-order valence-electron chi connectivity index (χ3n) is 4.71. The van der Waals surface area contributed by atoms with Gasteiger partial charge < -0.3 is 19.9 Å². The molecule has 0 spiro atoms. The Morgan fingerprint density at radius 3 is 2.55 bits per heavy atom. The summed E-state index contributed by atoms with van der Waals surface area (Å²) < 4.78 is 9.94. The number of ether oxygens (including phenoxy) is 2. The van der Waals surface area contributed by atoms with Crippen LogP contribution in [0.1, 0.15) is 45.6 Å². The zero-order valence-corrected chi connectivity index (χ0v) is 17.0. The van der Waals surface area contributed by atoms with E-state index in [9.17, 15) is 19.5 Å². The highest BCUT2D eigenvalue weighted by atomic mass is 32.1. The van der Waals surface area contributed by atoms with E-state index in [1.807, 2.05) is 0 Å². The first kappa shape index (κ1) is 20.9. The third kappa shape index (κ3) is 5.35. The number of amides is 1. The minimum absolute atomic E-state index is 0.00569. The number of esters is 2. The summed E-state index contributed by atoms with van der Waals surface area (Å²) in [5.74, 6) is -1.42. The number of aromatic hydroxyl groups is 1. The Morgan fingerprint density at radius 1 is 1.10 bits per heavy atom. The molecule has 0 radical (unpaired) electrons. The van der Waals surface area contributed by atoms with Gasteiger partial charge >= 0.3 is 11.9 Å². The van der Waals surface area contributed by atoms with Crippen LogP contribution in [0.4, 0.5) is 5.00 Å². The fourth-order valence-corrected chi connectivity index (χ4v) is 4.58. The summed E-state index contributed by atoms with van der Waals surface area (Å²) in [6, 6.07) is 6.17. The van der Waals surface area contributed by atoms with Crippen LogP contribution in [0.2, 0.25) is 0 Å². The summed E-state index contributed by atoms with van der Waals surface area (Å²) in [6.07, 6.45) is 4.82. The van der Waals surface area contributed by atoms with Crippen molar-refractivity contribution < 1.29 is 29.0 Å². The third-order valence-corrected chi connectivity index (χ3v) is 5.92. The van der Waals surface area contributed by atoms with Crippen molar-refractivity contribution in [1.82, 2.24) is 0 Å². The van der Waals surface area contributed by atoms with Crippen molar-refractivity contribution in [2.24, 2.45) is 0 Å². The van der Waals surface area contributed by atoms with Crippen molar-refractivity contribution in [2.75, 3.05) is 19.0 Å². The molecule has 0 bridgehead atoms. The van der Waals surface area contributed by atoms with E-state index in [0.29, 0.717) is 16.1 Å². The Hall–Kier alpha value is -2.87. The van der Waals surface area contributed by atoms with Crippen LogP contribution in [0.3, 0.4) is 0 Å². The molecule has 7 nitrogen and oxygen atoms in total. The first-order chi connectivity index (χ1) is 14.0. The van der Waals surface area contributed by atoms with Crippen molar-refractivity contribution in [3.63, 3.8) is 0 Å². The van der Waals surface area contributed by atoms with Crippen LogP contribution in [-0.2, 0) is 38.3 Å². The van der Waals surface area contributed by atoms with Gasteiger partial charge in [-0.3, -0.25) is 9.59 Å². The minimum atomic E-state index is -0.555. The average molecular weight is 417 g/mol. The fourth-order valence-electron chi connectivity index (χ4n) is 3.29. The van der Waals surface area contributed by atoms with Gasteiger partial charge in [-0.1, -0.05) is 18.6 Å². The van der Waals surface area contributed by atoms with Crippen LogP contribution < -0.4 is 5.32 Å². The second-order valence-electron chi connectivity index (χ2n) is 6.81. The number of hydrogen-bond acceptors (Lipinski definition) is 7. The van der Waals surface area contributed by atoms with E-state index in [0.717, 1.165) is 42.5 Å². The highest BCUT2D eigenvalue weighted by Gasteiger charge is 2.26. The molecule has 1 aliphatic carbocycles. The number of fused-ring (bicyclic) bond motifs is 1. The summed E-state index contributed by atoms with van der Waals surface area (Å²) in [6.45, 7) is -0.444. The summed E-state index contributed by atoms with van der Waals surface area (Å²) in [5.41, 5.74) is 2.04. The molecule has 0 unspecified atom stereocenters. The highest BCUT2D eigenvalue weighted by molar-refractivity contribution is 7.17. The molecular formula is C21H23NO6S. The van der Waals surface area contributed by atoms with Gasteiger partial charge in [0, 0.05) is 4.88 Å². The van der Waals surface area contributed by atoms with Gasteiger partial charge in [-0.2, -0.15) is 0 Å². The topological polar surface area (TPSA) is 102 Å². The molecule has 1 amide bonds. The Bertz CT molecular complexity index is 903. The van der Waals surface area contributed by atoms with Crippen molar-refractivity contribution >= 4 is 34.2 Å². The molecule has 3 rings (SSSR count). The molecular weight excluding hydrogens is 394 g/mol. The number of thiophene rings is 1. The van der Waals surface area contributed by atoms with Gasteiger partial charge in [0.25, 0.3) is 5.91 Å². The maximum Gasteiger partial charge on any atom is 0.341 e. The molecule has 1 aliphatic rings. The first-order valence-corrected chi connectivity index (χ1v) is 10.3. The van der Waals surface area contributed by atoms with Gasteiger partial charge in [0.15, 0.2) is 6.61 Å². The Labute approximate surface area is 172 Å². The van der Waals surface area contributed by atoms with Crippen LogP contribution in [0.5, 0.6) is 5.75 Å². The first-order valence-electron chi connectivity index (χ1n) is 9.44. The van der Waals surface area contributed by atoms with E-state index >= 15 is 0 Å². The van der Waals surface area contributed by atoms with E-state index in [4.69, 9.17) is 9.47 Å². The second-order valence-corrected chi connectivity index (χ2v) is 7.92. The zero-order chi connectivity index (χ0) is 20.8. The molecule has 1 heterocycles. The number of carbonyl (C=O) groups is 3. The Kier molecular flexibility index (Phi) is 6.87. The number of phenolic OH excluding ortho intramolecular Hbond substituents is 1. The van der Waals surface area contributed by atoms with E-state index in [-0.39, 0.29) is 12.2 Å². The molecule has 0 saturated carbocycles. The molecule has 0 atom stereocenters. The van der Waals surface area contributed by atoms with Gasteiger partial charge in [-0.25, -0.2) is 4.79 Å². The largest absolute Gasteiger partial charge is 0.508 e. The number of rotatable bonds is 6. The molecule has 1 aromatic heterocycles. The summed E-state index contributed by atoms with van der Waals surface area (Å²) in [7, 11) is 1.32. The summed E-state index contributed by atoms with van der Waals surface area (Å²) in [5, 5.41) is 12.4. The SMILES string of the molecule is COC(=O)c1c(NC(=O)COC(=O)Cc2ccc(O)cc2)sc2c1CCCCC2. The van der Waals surface area contributed by atoms with Gasteiger partial charge in [0.1, 0.15) is 10.8 Å². The molecule has 0 saturated heterocycles. The number of anilines is 1. The van der Waals surface area contributed by atoms with E-state index in [2.05, 4.69) is 5.32 Å². The van der Waals surface area contributed by atoms with Gasteiger partial charge in [-0.15, -0.1) is 11.3 Å². The molecule has 0 fully saturated rings. The predicted octanol–water partition coefficient (Wildman–Crippen LogP) is 3.23. The Balaban J connectivity index is 1.62. The Morgan fingerprint density at radius 2 is 1.83 bits per heavy atom. The number of benzene rings is 1. The number of hydrogen-bond donors (Lipinski definition) is 2. The lowest BCUT2D eigenvalue weighted by Crippen LogP contribution is -2.22. The van der Waals surface area contributed by atoms with E-state index in [1.165, 1.54) is 30.6 Å². The van der Waals surface area contributed by atoms with Crippen molar-refractivity contribution in [2.45, 2.75) is 38.5 Å². The standard InChI is InChI=1S/C21H23NO6S/c1-27-21(26)19-15-5-3-2-4-6-16(15)29-20(19)22-17(24)12-28-18(25)11-13-7-9-14(23)10-8-13/h7-10,23H,2-6,11-12H2,1H3,(H,22,24). The van der Waals surface area contributed by atoms with Crippen LogP contribution in [-0.4, -0.2) is 36.7 Å². The molecule has 8 heteroatoms. The second kappa shape index (κ2) is 9.56. The monoisotopic (exact) mass is 417 g/mol. The van der Waals surface area contributed by atoms with Crippen LogP contribution >= 0.6 is 11.3 Å². The summed E-state index contributed by atoms with van der Waals surface area (Å²) in [4.78, 5) is 37.6. The molecule has 2 aromatic rings. The van der Waals surface area contributed by atoms with Crippen LogP contribution in [0.15, 0.2) is 24.3 Å². The zero-order valence-electron chi connectivity index (χ0n) is 16.2. The van der Waals surface area contributed by atoms with Crippen molar-refractivity contribution in [1.29, 1.82) is 0 Å². The number of methoxy groups -OCH3 is 1. The van der Waals surface area contributed by atoms with Crippen LogP contribution in [0, 0.1) is 0 Å². The molecule has 0 aliphatic heterocycles. The van der Waals surface area contributed by atoms with Gasteiger partial charge in [0.05, 0.1) is 19.1 Å². The lowest BCUT2D eigenvalue weighted by atomic mass is 10.1. The van der Waals surface area contributed by atoms with Crippen molar-refractivity contribution in [3.05, 3.63) is 45.8 Å². The minimum Gasteiger partial charge on any atom is -0.508 e. The maximum absolute atomic E-state index is 12.3. The molecule has 154 valence electrons. The summed E-state index contributed by atoms with van der Waals surface area (Å²) >= 11 is 1.39. The molecule has 29 heavy (non-hydrogen) atoms. The normalized spacial score (nSPS) is 13.1. The molecule has 2 N–H and O–H groups in total. The number of aryl methyl sites for hydroxylation is 1. The fraction of sp³-hybridized carbons (Fsp3) is 0.381. The number of nitrogens with one attached hydrogen (secondary N) is 1. The van der Waals surface area contributed by atoms with Gasteiger partial charge in [0.2, 0.25) is 0 Å². The lowest BCUT2D eigenvalue weighted by Gasteiger charge is -2.08. The quantitative estimate of drug-likeness (QED) is 0.553. The lowest BCUT2D eigenvalue weighted by molar-refractivity contribution is -0.146. The van der Waals surface area contributed by atoms with E-state index in [1.54, 1.807) is 12.1 Å². The predicted molar refractivity (Wildman–Crippen MR) is 108 cm³/mol. The van der Waals surface area contributed by atoms with Gasteiger partial charge in [-0.05, 0) is 48.9 Å². The number of phenols is 1. The van der Waals surface area contributed by atoms with Crippen molar-refractivity contribution in [3.8, 4) is 5.75 Å². The average Bonchev–Trinajstić information content (AvgIpc) is 2.88. The number of carbonyl (C=O) groups excluding carboxylic acids is 3. The van der Waals surface area contributed by atoms with Crippen LogP contribution in [0.25, 0.3) is 0 Å². The smallest absolute Gasteiger partial charge is 0.341 e. The maximum atomic E-state index is 12.3. The molecule has 1 aromatic carbocycles. The van der Waals surface area contributed by atoms with E-state index < -0.39 is 24.5 Å². The highest BCUT2D eigenvalue weighted by Crippen LogP contribution is 2.37.